The van der Waals surface area contributed by atoms with Gasteiger partial charge in [0, 0.05) is 18.5 Å². The molecule has 0 saturated carbocycles. The van der Waals surface area contributed by atoms with Crippen LogP contribution in [0.15, 0.2) is 17.6 Å². The van der Waals surface area contributed by atoms with Gasteiger partial charge in [-0.15, -0.1) is 0 Å². The van der Waals surface area contributed by atoms with E-state index in [0.29, 0.717) is 26.1 Å². The van der Waals surface area contributed by atoms with Gasteiger partial charge in [-0.25, -0.2) is 0 Å². The van der Waals surface area contributed by atoms with Gasteiger partial charge in [-0.3, -0.25) is 4.79 Å². The molecule has 1 aromatic rings. The minimum absolute atomic E-state index is 0.155. The number of hydrogen-bond acceptors (Lipinski definition) is 3. The Balaban J connectivity index is 2.42. The van der Waals surface area contributed by atoms with Crippen molar-refractivity contribution in [1.82, 2.24) is 5.32 Å². The second-order valence-electron chi connectivity index (χ2n) is 7.01. The molecule has 0 radical (unpaired) electrons. The van der Waals surface area contributed by atoms with Gasteiger partial charge in [0.1, 0.15) is 0 Å². The van der Waals surface area contributed by atoms with Crippen molar-refractivity contribution >= 4 is 53.9 Å². The molecule has 0 bridgehead atoms. The van der Waals surface area contributed by atoms with Gasteiger partial charge >= 0.3 is 7.12 Å². The van der Waals surface area contributed by atoms with Crippen LogP contribution in [0.3, 0.4) is 0 Å². The Bertz CT molecular complexity index is 703. The molecular weight excluding hydrogens is 383 g/mol. The summed E-state index contributed by atoms with van der Waals surface area (Å²) in [5.74, 6) is -0.155. The van der Waals surface area contributed by atoms with Crippen LogP contribution >= 0.6 is 34.8 Å². The number of amides is 1. The van der Waals surface area contributed by atoms with E-state index in [0.717, 1.165) is 0 Å². The van der Waals surface area contributed by atoms with E-state index >= 15 is 0 Å². The molecule has 1 aliphatic rings. The quantitative estimate of drug-likeness (QED) is 0.579. The van der Waals surface area contributed by atoms with Crippen molar-refractivity contribution in [2.24, 2.45) is 0 Å². The van der Waals surface area contributed by atoms with E-state index in [1.807, 2.05) is 27.7 Å². The molecule has 1 aromatic carbocycles. The van der Waals surface area contributed by atoms with Gasteiger partial charge < -0.3 is 14.6 Å². The molecule has 0 unspecified atom stereocenters. The lowest BCUT2D eigenvalue weighted by molar-refractivity contribution is -0.118. The van der Waals surface area contributed by atoms with Crippen LogP contribution in [-0.4, -0.2) is 30.8 Å². The Kier molecular flexibility index (Phi) is 6.17. The fourth-order valence-electron chi connectivity index (χ4n) is 2.30. The van der Waals surface area contributed by atoms with Gasteiger partial charge in [-0.2, -0.15) is 0 Å². The van der Waals surface area contributed by atoms with Crippen LogP contribution in [0.2, 0.25) is 15.1 Å². The van der Waals surface area contributed by atoms with Crippen LogP contribution in [0.25, 0.3) is 6.08 Å². The highest BCUT2D eigenvalue weighted by Gasteiger charge is 2.52. The van der Waals surface area contributed by atoms with E-state index < -0.39 is 18.3 Å². The van der Waals surface area contributed by atoms with E-state index in [1.54, 1.807) is 18.2 Å². The Labute approximate surface area is 163 Å². The average molecular weight is 405 g/mol. The highest BCUT2D eigenvalue weighted by molar-refractivity contribution is 6.56. The van der Waals surface area contributed by atoms with Crippen molar-refractivity contribution in [2.45, 2.75) is 45.8 Å². The van der Waals surface area contributed by atoms with E-state index in [4.69, 9.17) is 44.1 Å². The highest BCUT2D eigenvalue weighted by atomic mass is 35.5. The lowest BCUT2D eigenvalue weighted by Gasteiger charge is -2.32. The molecule has 4 nitrogen and oxygen atoms in total. The lowest BCUT2D eigenvalue weighted by Crippen LogP contribution is -2.41. The monoisotopic (exact) mass is 403 g/mol. The van der Waals surface area contributed by atoms with E-state index in [2.05, 4.69) is 5.32 Å². The first-order valence-corrected chi connectivity index (χ1v) is 9.01. The molecule has 0 spiro atoms. The summed E-state index contributed by atoms with van der Waals surface area (Å²) in [4.78, 5) is 11.4. The minimum Gasteiger partial charge on any atom is -0.400 e. The van der Waals surface area contributed by atoms with Gasteiger partial charge in [0.2, 0.25) is 5.91 Å². The number of hydrogen-bond donors (Lipinski definition) is 1. The predicted molar refractivity (Wildman–Crippen MR) is 104 cm³/mol. The van der Waals surface area contributed by atoms with E-state index in [9.17, 15) is 4.79 Å². The maximum absolute atomic E-state index is 11.4. The van der Waals surface area contributed by atoms with Gasteiger partial charge in [-0.1, -0.05) is 40.9 Å². The normalized spacial score (nSPS) is 19.2. The van der Waals surface area contributed by atoms with Gasteiger partial charge in [-0.05, 0) is 50.9 Å². The molecule has 1 heterocycles. The van der Waals surface area contributed by atoms with Gasteiger partial charge in [0.15, 0.2) is 0 Å². The first-order valence-electron chi connectivity index (χ1n) is 7.88. The Morgan fingerprint density at radius 2 is 1.72 bits per heavy atom. The van der Waals surface area contributed by atoms with Crippen molar-refractivity contribution < 1.29 is 14.1 Å². The van der Waals surface area contributed by atoms with Crippen LogP contribution in [0.4, 0.5) is 0 Å². The highest BCUT2D eigenvalue weighted by Crippen LogP contribution is 2.39. The smallest absolute Gasteiger partial charge is 0.400 e. The molecule has 0 atom stereocenters. The van der Waals surface area contributed by atoms with Crippen LogP contribution < -0.4 is 5.32 Å². The van der Waals surface area contributed by atoms with E-state index in [-0.39, 0.29) is 12.5 Å². The second-order valence-corrected chi connectivity index (χ2v) is 8.23. The third-order valence-corrected chi connectivity index (χ3v) is 5.49. The maximum Gasteiger partial charge on any atom is 0.492 e. The number of benzene rings is 1. The molecular formula is C17H21BCl3NO3. The van der Waals surface area contributed by atoms with Crippen molar-refractivity contribution in [2.75, 3.05) is 6.54 Å². The van der Waals surface area contributed by atoms with Crippen LogP contribution in [0, 0.1) is 0 Å². The first kappa shape index (κ1) is 20.6. The summed E-state index contributed by atoms with van der Waals surface area (Å²) in [6.07, 6.45) is 1.79. The summed E-state index contributed by atoms with van der Waals surface area (Å²) in [5.41, 5.74) is 0.356. The molecule has 0 aromatic heterocycles. The lowest BCUT2D eigenvalue weighted by atomic mass is 9.77. The zero-order valence-corrected chi connectivity index (χ0v) is 17.1. The molecule has 1 saturated heterocycles. The first-order chi connectivity index (χ1) is 11.4. The number of nitrogens with one attached hydrogen (secondary N) is 1. The van der Waals surface area contributed by atoms with Gasteiger partial charge in [0.25, 0.3) is 0 Å². The van der Waals surface area contributed by atoms with Crippen LogP contribution in [0.1, 0.15) is 40.2 Å². The SMILES string of the molecule is CC(=O)NCC(=Cc1cc(Cl)cc(Cl)c1Cl)B1OC(C)(C)C(C)(C)O1. The number of halogens is 3. The molecule has 0 aliphatic carbocycles. The number of carbonyl (C=O) groups excluding carboxylic acids is 1. The fourth-order valence-corrected chi connectivity index (χ4v) is 2.98. The van der Waals surface area contributed by atoms with Crippen molar-refractivity contribution in [3.8, 4) is 0 Å². The van der Waals surface area contributed by atoms with Crippen LogP contribution in [0.5, 0.6) is 0 Å². The zero-order chi connectivity index (χ0) is 19.0. The summed E-state index contributed by atoms with van der Waals surface area (Å²) in [6.45, 7) is 9.56. The fraction of sp³-hybridized carbons (Fsp3) is 0.471. The maximum atomic E-state index is 11.4. The predicted octanol–water partition coefficient (Wildman–Crippen LogP) is 4.80. The molecule has 1 fully saturated rings. The zero-order valence-electron chi connectivity index (χ0n) is 14.9. The van der Waals surface area contributed by atoms with E-state index in [1.165, 1.54) is 6.92 Å². The summed E-state index contributed by atoms with van der Waals surface area (Å²) in [7, 11) is -0.620. The Morgan fingerprint density at radius 1 is 1.16 bits per heavy atom. The third kappa shape index (κ3) is 4.72. The largest absolute Gasteiger partial charge is 0.492 e. The molecule has 136 valence electrons. The average Bonchev–Trinajstić information content (AvgIpc) is 2.68. The second kappa shape index (κ2) is 7.49. The number of rotatable bonds is 4. The molecule has 25 heavy (non-hydrogen) atoms. The standard InChI is InChI=1S/C17H21BCl3NO3/c1-10(23)22-9-12(18-24-16(2,3)17(4,5)25-18)6-11-7-13(19)8-14(20)15(11)21/h6-8H,9H2,1-5H3,(H,22,23). The van der Waals surface area contributed by atoms with Crippen molar-refractivity contribution in [3.05, 3.63) is 38.2 Å². The molecule has 2 rings (SSSR count). The molecule has 8 heteroatoms. The van der Waals surface area contributed by atoms with Crippen molar-refractivity contribution in [1.29, 1.82) is 0 Å². The summed E-state index contributed by atoms with van der Waals surface area (Å²) in [5, 5.41) is 3.97. The molecule has 1 aliphatic heterocycles. The molecule has 1 N–H and O–H groups in total. The van der Waals surface area contributed by atoms with Crippen molar-refractivity contribution in [3.63, 3.8) is 0 Å². The third-order valence-electron chi connectivity index (χ3n) is 4.46. The molecule has 1 amide bonds. The summed E-state index contributed by atoms with van der Waals surface area (Å²) < 4.78 is 12.2. The Hall–Kier alpha value is -0.715. The number of carbonyl (C=O) groups is 1. The topological polar surface area (TPSA) is 47.6 Å². The van der Waals surface area contributed by atoms with Crippen LogP contribution in [-0.2, 0) is 14.1 Å². The van der Waals surface area contributed by atoms with Gasteiger partial charge in [0.05, 0.1) is 21.2 Å². The summed E-state index contributed by atoms with van der Waals surface area (Å²) in [6, 6.07) is 3.28. The Morgan fingerprint density at radius 3 is 2.24 bits per heavy atom. The summed E-state index contributed by atoms with van der Waals surface area (Å²) >= 11 is 18.5. The minimum atomic E-state index is -0.620.